The first-order valence-corrected chi connectivity index (χ1v) is 8.47. The van der Waals surface area contributed by atoms with Crippen LogP contribution >= 0.6 is 0 Å². The van der Waals surface area contributed by atoms with Crippen LogP contribution in [0, 0.1) is 6.92 Å². The van der Waals surface area contributed by atoms with E-state index in [4.69, 9.17) is 4.74 Å². The molecule has 0 radical (unpaired) electrons. The summed E-state index contributed by atoms with van der Waals surface area (Å²) >= 11 is 0. The Morgan fingerprint density at radius 2 is 1.68 bits per heavy atom. The first kappa shape index (κ1) is 17.1. The quantitative estimate of drug-likeness (QED) is 0.700. The molecule has 25 heavy (non-hydrogen) atoms. The van der Waals surface area contributed by atoms with Gasteiger partial charge in [-0.3, -0.25) is 0 Å². The van der Waals surface area contributed by atoms with Crippen molar-refractivity contribution in [1.29, 1.82) is 0 Å². The van der Waals surface area contributed by atoms with Crippen molar-refractivity contribution in [1.82, 2.24) is 10.3 Å². The third-order valence-electron chi connectivity index (χ3n) is 4.03. The van der Waals surface area contributed by atoms with E-state index < -0.39 is 11.7 Å². The number of ether oxygens (including phenoxy) is 1. The molecule has 130 valence electrons. The van der Waals surface area contributed by atoms with Crippen molar-refractivity contribution in [3.63, 3.8) is 0 Å². The maximum atomic E-state index is 12.4. The van der Waals surface area contributed by atoms with Crippen LogP contribution in [0.4, 0.5) is 4.79 Å². The highest BCUT2D eigenvalue weighted by molar-refractivity contribution is 5.86. The molecule has 1 amide bonds. The molecule has 3 aromatic rings. The monoisotopic (exact) mass is 336 g/mol. The van der Waals surface area contributed by atoms with E-state index in [1.807, 2.05) is 76.2 Å². The van der Waals surface area contributed by atoms with Crippen LogP contribution in [0.2, 0.25) is 0 Å². The summed E-state index contributed by atoms with van der Waals surface area (Å²) in [5, 5.41) is 4.15. The minimum Gasteiger partial charge on any atom is -0.444 e. The van der Waals surface area contributed by atoms with Crippen molar-refractivity contribution < 1.29 is 9.53 Å². The van der Waals surface area contributed by atoms with Crippen molar-refractivity contribution in [2.45, 2.75) is 39.3 Å². The smallest absolute Gasteiger partial charge is 0.408 e. The second-order valence-corrected chi connectivity index (χ2v) is 7.20. The van der Waals surface area contributed by atoms with Gasteiger partial charge >= 0.3 is 6.09 Å². The third kappa shape index (κ3) is 3.85. The summed E-state index contributed by atoms with van der Waals surface area (Å²) in [5.41, 5.74) is 3.63. The van der Waals surface area contributed by atoms with Crippen LogP contribution in [0.1, 0.15) is 43.6 Å². The average Bonchev–Trinajstić information content (AvgIpc) is 2.87. The summed E-state index contributed by atoms with van der Waals surface area (Å²) in [6, 6.07) is 17.8. The Labute approximate surface area is 148 Å². The van der Waals surface area contributed by atoms with E-state index in [2.05, 4.69) is 16.4 Å². The summed E-state index contributed by atoms with van der Waals surface area (Å²) in [6.07, 6.45) is -0.425. The van der Waals surface area contributed by atoms with Crippen molar-refractivity contribution in [3.05, 3.63) is 71.4 Å². The molecule has 1 atom stereocenters. The van der Waals surface area contributed by atoms with Gasteiger partial charge in [0.1, 0.15) is 5.60 Å². The predicted molar refractivity (Wildman–Crippen MR) is 101 cm³/mol. The van der Waals surface area contributed by atoms with E-state index in [1.54, 1.807) is 0 Å². The lowest BCUT2D eigenvalue weighted by Crippen LogP contribution is -2.35. The molecule has 0 aliphatic rings. The lowest BCUT2D eigenvalue weighted by atomic mass is 9.96. The van der Waals surface area contributed by atoms with Crippen LogP contribution in [0.15, 0.2) is 54.6 Å². The Morgan fingerprint density at radius 3 is 2.36 bits per heavy atom. The van der Waals surface area contributed by atoms with E-state index in [1.165, 1.54) is 0 Å². The van der Waals surface area contributed by atoms with Gasteiger partial charge in [-0.15, -0.1) is 0 Å². The number of carbonyl (C=O) groups is 1. The number of benzene rings is 2. The number of alkyl carbamates (subject to hydrolysis) is 1. The van der Waals surface area contributed by atoms with E-state index >= 15 is 0 Å². The number of aryl methyl sites for hydroxylation is 1. The lowest BCUT2D eigenvalue weighted by Gasteiger charge is -2.24. The van der Waals surface area contributed by atoms with E-state index in [0.29, 0.717) is 0 Å². The number of rotatable bonds is 3. The first-order chi connectivity index (χ1) is 11.8. The zero-order valence-electron chi connectivity index (χ0n) is 15.1. The molecular weight excluding hydrogens is 312 g/mol. The van der Waals surface area contributed by atoms with Gasteiger partial charge in [-0.25, -0.2) is 4.79 Å². The molecular formula is C21H24N2O2. The third-order valence-corrected chi connectivity index (χ3v) is 4.03. The maximum absolute atomic E-state index is 12.4. The predicted octanol–water partition coefficient (Wildman–Crippen LogP) is 5.09. The summed E-state index contributed by atoms with van der Waals surface area (Å²) < 4.78 is 5.48. The zero-order valence-corrected chi connectivity index (χ0v) is 15.1. The molecule has 3 rings (SSSR count). The second kappa shape index (κ2) is 6.63. The van der Waals surface area contributed by atoms with Crippen LogP contribution in [0.25, 0.3) is 10.9 Å². The van der Waals surface area contributed by atoms with Crippen LogP contribution in [-0.4, -0.2) is 16.7 Å². The fourth-order valence-electron chi connectivity index (χ4n) is 3.06. The van der Waals surface area contributed by atoms with Crippen LogP contribution in [0.3, 0.4) is 0 Å². The van der Waals surface area contributed by atoms with Gasteiger partial charge in [0.15, 0.2) is 0 Å². The molecule has 0 unspecified atom stereocenters. The summed E-state index contributed by atoms with van der Waals surface area (Å²) in [6.45, 7) is 7.62. The van der Waals surface area contributed by atoms with Crippen LogP contribution in [-0.2, 0) is 4.74 Å². The molecule has 0 spiro atoms. The number of carbonyl (C=O) groups excluding carboxylic acids is 1. The average molecular weight is 336 g/mol. The van der Waals surface area contributed by atoms with Crippen molar-refractivity contribution in [2.75, 3.05) is 0 Å². The number of amides is 1. The molecule has 0 aliphatic heterocycles. The number of nitrogens with one attached hydrogen (secondary N) is 2. The van der Waals surface area contributed by atoms with Crippen LogP contribution in [0.5, 0.6) is 0 Å². The number of fused-ring (bicyclic) bond motifs is 1. The number of aromatic amines is 1. The Morgan fingerprint density at radius 1 is 1.04 bits per heavy atom. The van der Waals surface area contributed by atoms with Gasteiger partial charge in [-0.2, -0.15) is 0 Å². The molecule has 2 N–H and O–H groups in total. The fourth-order valence-corrected chi connectivity index (χ4v) is 3.06. The summed E-state index contributed by atoms with van der Waals surface area (Å²) in [4.78, 5) is 15.8. The minimum atomic E-state index is -0.541. The van der Waals surface area contributed by atoms with Crippen molar-refractivity contribution in [3.8, 4) is 0 Å². The lowest BCUT2D eigenvalue weighted by molar-refractivity contribution is 0.0512. The van der Waals surface area contributed by atoms with Gasteiger partial charge in [0.05, 0.1) is 6.04 Å². The number of aromatic nitrogens is 1. The number of hydrogen-bond donors (Lipinski definition) is 2. The topological polar surface area (TPSA) is 54.1 Å². The standard InChI is InChI=1S/C21H24N2O2/c1-14-18(16-12-8-9-13-17(16)22-14)19(15-10-6-5-7-11-15)23-20(24)25-21(2,3)4/h5-13,19,22H,1-4H3,(H,23,24)/t19-/m0/s1. The Kier molecular flexibility index (Phi) is 4.53. The molecule has 1 aromatic heterocycles. The van der Waals surface area contributed by atoms with E-state index in [0.717, 1.165) is 27.7 Å². The minimum absolute atomic E-state index is 0.285. The molecule has 4 nitrogen and oxygen atoms in total. The second-order valence-electron chi connectivity index (χ2n) is 7.20. The Hall–Kier alpha value is -2.75. The van der Waals surface area contributed by atoms with Crippen molar-refractivity contribution in [2.24, 2.45) is 0 Å². The molecule has 0 bridgehead atoms. The number of hydrogen-bond acceptors (Lipinski definition) is 2. The Balaban J connectivity index is 2.05. The van der Waals surface area contributed by atoms with Crippen molar-refractivity contribution >= 4 is 17.0 Å². The largest absolute Gasteiger partial charge is 0.444 e. The maximum Gasteiger partial charge on any atom is 0.408 e. The van der Waals surface area contributed by atoms with Crippen LogP contribution < -0.4 is 5.32 Å². The highest BCUT2D eigenvalue weighted by Gasteiger charge is 2.25. The molecule has 0 aliphatic carbocycles. The molecule has 0 fully saturated rings. The van der Waals surface area contributed by atoms with Gasteiger partial charge in [0.2, 0.25) is 0 Å². The van der Waals surface area contributed by atoms with E-state index in [-0.39, 0.29) is 6.04 Å². The summed E-state index contributed by atoms with van der Waals surface area (Å²) in [7, 11) is 0. The van der Waals surface area contributed by atoms with Gasteiger partial charge in [0.25, 0.3) is 0 Å². The molecule has 4 heteroatoms. The van der Waals surface area contributed by atoms with Gasteiger partial charge < -0.3 is 15.0 Å². The molecule has 0 saturated carbocycles. The summed E-state index contributed by atoms with van der Waals surface area (Å²) in [5.74, 6) is 0. The highest BCUT2D eigenvalue weighted by Crippen LogP contribution is 2.32. The van der Waals surface area contributed by atoms with Gasteiger partial charge in [-0.05, 0) is 39.3 Å². The zero-order chi connectivity index (χ0) is 18.0. The fraction of sp³-hybridized carbons (Fsp3) is 0.286. The van der Waals surface area contributed by atoms with Gasteiger partial charge in [0, 0.05) is 22.2 Å². The Bertz CT molecular complexity index is 876. The number of para-hydroxylation sites is 1. The molecule has 2 aromatic carbocycles. The van der Waals surface area contributed by atoms with E-state index in [9.17, 15) is 4.79 Å². The first-order valence-electron chi connectivity index (χ1n) is 8.47. The normalized spacial score (nSPS) is 12.8. The highest BCUT2D eigenvalue weighted by atomic mass is 16.6. The molecule has 0 saturated heterocycles. The SMILES string of the molecule is Cc1[nH]c2ccccc2c1[C@@H](NC(=O)OC(C)(C)C)c1ccccc1. The van der Waals surface area contributed by atoms with Gasteiger partial charge in [-0.1, -0.05) is 48.5 Å². The number of H-pyrrole nitrogens is 1. The molecule has 1 heterocycles.